The third kappa shape index (κ3) is 7.99. The van der Waals surface area contributed by atoms with Crippen LogP contribution in [0.4, 0.5) is 0 Å². The number of ether oxygens (including phenoxy) is 6. The Hall–Kier alpha value is 0.440. The predicted molar refractivity (Wildman–Crippen MR) is 152 cm³/mol. The maximum atomic E-state index is 10.2. The topological polar surface area (TPSA) is 298 Å². The zero-order chi connectivity index (χ0) is 34.7. The van der Waals surface area contributed by atoms with Crippen molar-refractivity contribution in [3.05, 3.63) is 0 Å². The van der Waals surface area contributed by atoms with Crippen molar-refractivity contribution in [2.24, 2.45) is 0 Å². The summed E-state index contributed by atoms with van der Waals surface area (Å²) in [6, 6.07) is 0. The number of aliphatic hydroxyl groups excluding tert-OH is 12. The lowest BCUT2D eigenvalue weighted by molar-refractivity contribution is -0.383. The zero-order valence-electron chi connectivity index (χ0n) is 23.8. The van der Waals surface area contributed by atoms with Crippen molar-refractivity contribution in [1.29, 1.82) is 0 Å². The molecule has 4 aliphatic heterocycles. The number of aliphatic hydroxyl groups is 12. The second kappa shape index (κ2) is 17.1. The van der Waals surface area contributed by atoms with Gasteiger partial charge in [0.25, 0.3) is 0 Å². The molecule has 0 aromatic rings. The Kier molecular flexibility index (Phi) is 15.2. The van der Waals surface area contributed by atoms with E-state index in [9.17, 15) is 51.1 Å². The van der Waals surface area contributed by atoms with Crippen molar-refractivity contribution >= 4 is 46.4 Å². The maximum Gasteiger partial charge on any atom is 0.224 e. The Balaban J connectivity index is 0.000000250. The van der Waals surface area contributed by atoms with Crippen LogP contribution in [0.3, 0.4) is 0 Å². The molecule has 0 spiro atoms. The van der Waals surface area contributed by atoms with Crippen molar-refractivity contribution in [2.45, 2.75) is 109 Å². The Labute approximate surface area is 282 Å². The Morgan fingerprint density at radius 3 is 1.43 bits per heavy atom. The Bertz CT molecular complexity index is 873. The molecule has 0 amide bonds. The Morgan fingerprint density at radius 1 is 0.522 bits per heavy atom. The van der Waals surface area contributed by atoms with Crippen LogP contribution in [-0.2, 0) is 28.4 Å². The first-order chi connectivity index (χ1) is 21.6. The highest BCUT2D eigenvalue weighted by molar-refractivity contribution is 6.23. The molecule has 4 fully saturated rings. The molecule has 4 heterocycles. The summed E-state index contributed by atoms with van der Waals surface area (Å²) in [5, 5.41) is 116. The summed E-state index contributed by atoms with van der Waals surface area (Å²) < 4.78 is 31.8. The van der Waals surface area contributed by atoms with Gasteiger partial charge >= 0.3 is 0 Å². The molecule has 4 aliphatic rings. The minimum absolute atomic E-state index is 0.0535. The second-order valence-electron chi connectivity index (χ2n) is 11.0. The number of hydrogen-bond acceptors (Lipinski definition) is 18. The average molecular weight is 758 g/mol. The SMILES string of the molecule is OC1C(OC2(CCl)OC(CCl)C(O)C2O)OC(CCl)C(Cl)C1O.OCC1OC(OC2(CO)OC(CO)C(O)C2O)C(O)C(O)C1O. The molecule has 46 heavy (non-hydrogen) atoms. The molecule has 18 nitrogen and oxygen atoms in total. The van der Waals surface area contributed by atoms with Gasteiger partial charge in [-0.25, -0.2) is 0 Å². The summed E-state index contributed by atoms with van der Waals surface area (Å²) in [4.78, 5) is 0. The normalized spacial score (nSPS) is 51.1. The van der Waals surface area contributed by atoms with Gasteiger partial charge in [0.05, 0.1) is 42.3 Å². The Morgan fingerprint density at radius 2 is 0.978 bits per heavy atom. The first kappa shape index (κ1) is 40.9. The van der Waals surface area contributed by atoms with Gasteiger partial charge in [0.1, 0.15) is 79.9 Å². The summed E-state index contributed by atoms with van der Waals surface area (Å²) in [5.41, 5.74) is 0. The predicted octanol–water partition coefficient (Wildman–Crippen LogP) is -5.81. The van der Waals surface area contributed by atoms with E-state index in [0.717, 1.165) is 0 Å². The lowest BCUT2D eigenvalue weighted by Crippen LogP contribution is -2.62. The quantitative estimate of drug-likeness (QED) is 0.0924. The molecule has 0 aromatic carbocycles. The van der Waals surface area contributed by atoms with Crippen LogP contribution in [-0.4, -0.2) is 208 Å². The van der Waals surface area contributed by atoms with Crippen molar-refractivity contribution in [1.82, 2.24) is 0 Å². The molecule has 4 saturated heterocycles. The smallest absolute Gasteiger partial charge is 0.224 e. The monoisotopic (exact) mass is 756 g/mol. The van der Waals surface area contributed by atoms with E-state index in [-0.39, 0.29) is 17.6 Å². The van der Waals surface area contributed by atoms with Crippen LogP contribution in [0.1, 0.15) is 0 Å². The molecule has 22 heteroatoms. The van der Waals surface area contributed by atoms with Gasteiger partial charge in [-0.05, 0) is 0 Å². The van der Waals surface area contributed by atoms with Crippen LogP contribution in [0.2, 0.25) is 0 Å². The van der Waals surface area contributed by atoms with Crippen LogP contribution >= 0.6 is 46.4 Å². The second-order valence-corrected chi connectivity index (χ2v) is 12.4. The fourth-order valence-corrected chi connectivity index (χ4v) is 6.35. The standard InChI is InChI=1S/C12H18Cl4O7.C12H22O11/c2*13-1-4-6(16)8(18)9(19)11(21-4)23-12(3-15)10(20)7(17)5(2-14)22-12/h4-11,17-20H,1-3H2;4-11,13-20H,1-3H2. The van der Waals surface area contributed by atoms with E-state index in [1.165, 1.54) is 0 Å². The van der Waals surface area contributed by atoms with Crippen molar-refractivity contribution < 1.29 is 89.7 Å². The van der Waals surface area contributed by atoms with Crippen molar-refractivity contribution in [3.8, 4) is 0 Å². The van der Waals surface area contributed by atoms with Gasteiger partial charge in [-0.1, -0.05) is 0 Å². The van der Waals surface area contributed by atoms with Gasteiger partial charge in [-0.15, -0.1) is 46.4 Å². The highest BCUT2D eigenvalue weighted by Crippen LogP contribution is 2.39. The molecule has 18 atom stereocenters. The van der Waals surface area contributed by atoms with Gasteiger partial charge < -0.3 is 89.7 Å². The van der Waals surface area contributed by atoms with Gasteiger partial charge in [0.2, 0.25) is 11.6 Å². The molecule has 0 radical (unpaired) electrons. The van der Waals surface area contributed by atoms with E-state index in [1.54, 1.807) is 0 Å². The zero-order valence-corrected chi connectivity index (χ0v) is 26.8. The maximum absolute atomic E-state index is 10.2. The first-order valence-corrected chi connectivity index (χ1v) is 16.0. The van der Waals surface area contributed by atoms with Crippen molar-refractivity contribution in [2.75, 3.05) is 37.5 Å². The van der Waals surface area contributed by atoms with Gasteiger partial charge in [0, 0.05) is 0 Å². The van der Waals surface area contributed by atoms with E-state index in [4.69, 9.17) is 85.0 Å². The summed E-state index contributed by atoms with van der Waals surface area (Å²) in [7, 11) is 0. The molecule has 0 aliphatic carbocycles. The van der Waals surface area contributed by atoms with E-state index in [2.05, 4.69) is 0 Å². The summed E-state index contributed by atoms with van der Waals surface area (Å²) in [5.74, 6) is -4.62. The third-order valence-electron chi connectivity index (χ3n) is 8.00. The lowest BCUT2D eigenvalue weighted by Gasteiger charge is -2.43. The van der Waals surface area contributed by atoms with Crippen LogP contribution < -0.4 is 0 Å². The van der Waals surface area contributed by atoms with E-state index in [0.29, 0.717) is 0 Å². The van der Waals surface area contributed by atoms with Crippen LogP contribution in [0.5, 0.6) is 0 Å². The van der Waals surface area contributed by atoms with E-state index < -0.39 is 129 Å². The fraction of sp³-hybridized carbons (Fsp3) is 1.00. The first-order valence-electron chi connectivity index (χ1n) is 13.9. The molecule has 12 N–H and O–H groups in total. The van der Waals surface area contributed by atoms with Crippen molar-refractivity contribution in [3.63, 3.8) is 0 Å². The van der Waals surface area contributed by atoms with Gasteiger partial charge in [-0.3, -0.25) is 0 Å². The average Bonchev–Trinajstić information content (AvgIpc) is 3.45. The van der Waals surface area contributed by atoms with Crippen LogP contribution in [0.15, 0.2) is 0 Å². The third-order valence-corrected chi connectivity index (χ3v) is 9.52. The lowest BCUT2D eigenvalue weighted by atomic mass is 9.99. The number of halogens is 4. The number of rotatable bonds is 10. The minimum Gasteiger partial charge on any atom is -0.394 e. The molecule has 18 unspecified atom stereocenters. The summed E-state index contributed by atoms with van der Waals surface area (Å²) in [6.07, 6.45) is -21.6. The molecular formula is C24H40Cl4O18. The van der Waals surface area contributed by atoms with E-state index in [1.807, 2.05) is 0 Å². The van der Waals surface area contributed by atoms with Crippen LogP contribution in [0, 0.1) is 0 Å². The summed E-state index contributed by atoms with van der Waals surface area (Å²) in [6.45, 7) is -2.32. The van der Waals surface area contributed by atoms with Gasteiger partial charge in [0.15, 0.2) is 12.6 Å². The highest BCUT2D eigenvalue weighted by Gasteiger charge is 2.59. The molecule has 4 rings (SSSR count). The molecular weight excluding hydrogens is 718 g/mol. The minimum atomic E-state index is -2.22. The van der Waals surface area contributed by atoms with E-state index >= 15 is 0 Å². The molecule has 0 aromatic heterocycles. The molecule has 0 bridgehead atoms. The molecule has 0 saturated carbocycles. The fourth-order valence-electron chi connectivity index (χ4n) is 5.17. The highest BCUT2D eigenvalue weighted by atomic mass is 35.5. The summed E-state index contributed by atoms with van der Waals surface area (Å²) >= 11 is 23.1. The number of alkyl halides is 4. The van der Waals surface area contributed by atoms with Crippen LogP contribution in [0.25, 0.3) is 0 Å². The largest absolute Gasteiger partial charge is 0.394 e. The molecule has 272 valence electrons. The van der Waals surface area contributed by atoms with Gasteiger partial charge in [-0.2, -0.15) is 0 Å². The number of hydrogen-bond donors (Lipinski definition) is 12.